The van der Waals surface area contributed by atoms with Crippen LogP contribution in [0.25, 0.3) is 0 Å². The van der Waals surface area contributed by atoms with Crippen LogP contribution in [0.5, 0.6) is 11.5 Å². The first-order valence-corrected chi connectivity index (χ1v) is 10.8. The van der Waals surface area contributed by atoms with Gasteiger partial charge in [-0.05, 0) is 30.7 Å². The Hall–Kier alpha value is -1.89. The molecular weight excluding hydrogens is 348 g/mol. The number of piperazine rings is 1. The minimum atomic E-state index is -3.07. The molecule has 6 heteroatoms. The van der Waals surface area contributed by atoms with E-state index in [-0.39, 0.29) is 5.75 Å². The quantitative estimate of drug-likeness (QED) is 0.804. The zero-order valence-corrected chi connectivity index (χ0v) is 16.0. The van der Waals surface area contributed by atoms with Crippen molar-refractivity contribution in [2.75, 3.05) is 31.9 Å². The van der Waals surface area contributed by atoms with Gasteiger partial charge in [0.05, 0.1) is 31.9 Å². The van der Waals surface area contributed by atoms with E-state index >= 15 is 0 Å². The maximum Gasteiger partial charge on any atom is 0.214 e. The van der Waals surface area contributed by atoms with Crippen LogP contribution in [0.2, 0.25) is 0 Å². The van der Waals surface area contributed by atoms with Gasteiger partial charge >= 0.3 is 0 Å². The highest BCUT2D eigenvalue weighted by atomic mass is 32.2. The summed E-state index contributed by atoms with van der Waals surface area (Å²) in [5, 5.41) is 0. The molecule has 1 saturated heterocycles. The molecule has 3 rings (SSSR count). The average Bonchev–Trinajstić information content (AvgIpc) is 2.63. The molecule has 1 heterocycles. The number of sulfonamides is 1. The van der Waals surface area contributed by atoms with Gasteiger partial charge in [0.25, 0.3) is 0 Å². The van der Waals surface area contributed by atoms with Crippen molar-refractivity contribution in [2.45, 2.75) is 19.9 Å². The molecule has 5 nitrogen and oxygen atoms in total. The van der Waals surface area contributed by atoms with E-state index in [0.29, 0.717) is 19.5 Å². The molecule has 0 amide bonds. The zero-order chi connectivity index (χ0) is 18.4. The van der Waals surface area contributed by atoms with Gasteiger partial charge < -0.3 is 9.64 Å². The third kappa shape index (κ3) is 5.06. The summed E-state index contributed by atoms with van der Waals surface area (Å²) in [6.45, 7) is 5.69. The third-order valence-electron chi connectivity index (χ3n) is 4.62. The predicted molar refractivity (Wildman–Crippen MR) is 103 cm³/mol. The maximum absolute atomic E-state index is 12.2. The second-order valence-electron chi connectivity index (χ2n) is 6.70. The second kappa shape index (κ2) is 8.66. The molecule has 0 bridgehead atoms. The Morgan fingerprint density at radius 1 is 1.00 bits per heavy atom. The summed E-state index contributed by atoms with van der Waals surface area (Å²) in [4.78, 5) is 1.41. The van der Waals surface area contributed by atoms with E-state index in [4.69, 9.17) is 4.74 Å². The number of hydrogen-bond acceptors (Lipinski definition) is 3. The van der Waals surface area contributed by atoms with Crippen LogP contribution in [0.4, 0.5) is 0 Å². The van der Waals surface area contributed by atoms with Crippen LogP contribution in [0.1, 0.15) is 18.9 Å². The highest BCUT2D eigenvalue weighted by molar-refractivity contribution is 7.89. The van der Waals surface area contributed by atoms with Gasteiger partial charge in [0.1, 0.15) is 18.0 Å². The van der Waals surface area contributed by atoms with Crippen LogP contribution in [0.15, 0.2) is 54.6 Å². The number of ether oxygens (including phenoxy) is 1. The first-order chi connectivity index (χ1) is 12.6. The van der Waals surface area contributed by atoms with Crippen LogP contribution < -0.4 is 9.64 Å². The fourth-order valence-electron chi connectivity index (χ4n) is 3.28. The molecule has 0 aliphatic carbocycles. The van der Waals surface area contributed by atoms with Gasteiger partial charge in [0.2, 0.25) is 10.0 Å². The second-order valence-corrected chi connectivity index (χ2v) is 8.79. The van der Waals surface area contributed by atoms with E-state index in [0.717, 1.165) is 31.1 Å². The standard InChI is InChI=1S/C20H26N2O3S/c1-2-15-26(23,24)22-13-11-21(12-14-22)17-18-7-6-10-20(16-18)25-19-8-4-3-5-9-19/h3-10,16H,2,11-15,17H2,1H3/p+1. The summed E-state index contributed by atoms with van der Waals surface area (Å²) in [5.74, 6) is 1.91. The Balaban J connectivity index is 1.56. The smallest absolute Gasteiger partial charge is 0.214 e. The molecule has 26 heavy (non-hydrogen) atoms. The normalized spacial score (nSPS) is 16.5. The molecule has 1 fully saturated rings. The van der Waals surface area contributed by atoms with E-state index in [1.54, 1.807) is 4.31 Å². The lowest BCUT2D eigenvalue weighted by molar-refractivity contribution is -0.917. The average molecular weight is 376 g/mol. The monoisotopic (exact) mass is 375 g/mol. The summed E-state index contributed by atoms with van der Waals surface area (Å²) in [5.41, 5.74) is 1.21. The molecule has 0 atom stereocenters. The number of benzene rings is 2. The highest BCUT2D eigenvalue weighted by Gasteiger charge is 2.28. The van der Waals surface area contributed by atoms with Gasteiger partial charge in [0, 0.05) is 5.56 Å². The first kappa shape index (κ1) is 18.9. The Bertz CT molecular complexity index is 801. The molecule has 2 aromatic carbocycles. The summed E-state index contributed by atoms with van der Waals surface area (Å²) in [6.07, 6.45) is 0.670. The molecule has 1 N–H and O–H groups in total. The summed E-state index contributed by atoms with van der Waals surface area (Å²) in [7, 11) is -3.07. The lowest BCUT2D eigenvalue weighted by atomic mass is 10.2. The van der Waals surface area contributed by atoms with Crippen molar-refractivity contribution in [2.24, 2.45) is 0 Å². The van der Waals surface area contributed by atoms with Crippen LogP contribution in [-0.2, 0) is 16.6 Å². The Labute approximate surface area is 156 Å². The molecule has 0 spiro atoms. The van der Waals surface area contributed by atoms with Crippen molar-refractivity contribution in [1.29, 1.82) is 0 Å². The third-order valence-corrected chi connectivity index (χ3v) is 6.69. The molecule has 1 aliphatic heterocycles. The van der Waals surface area contributed by atoms with Gasteiger partial charge in [-0.3, -0.25) is 0 Å². The molecular formula is C20H27N2O3S+. The first-order valence-electron chi connectivity index (χ1n) is 9.20. The van der Waals surface area contributed by atoms with Crippen molar-refractivity contribution < 1.29 is 18.1 Å². The molecule has 0 unspecified atom stereocenters. The highest BCUT2D eigenvalue weighted by Crippen LogP contribution is 2.21. The number of rotatable bonds is 7. The molecule has 2 aromatic rings. The summed E-state index contributed by atoms with van der Waals surface area (Å²) in [6, 6.07) is 17.9. The van der Waals surface area contributed by atoms with Crippen molar-refractivity contribution >= 4 is 10.0 Å². The van der Waals surface area contributed by atoms with Gasteiger partial charge in [0.15, 0.2) is 0 Å². The van der Waals surface area contributed by atoms with E-state index in [1.807, 2.05) is 49.4 Å². The maximum atomic E-state index is 12.2. The van der Waals surface area contributed by atoms with Crippen LogP contribution in [-0.4, -0.2) is 44.7 Å². The topological polar surface area (TPSA) is 51.0 Å². The number of para-hydroxylation sites is 1. The van der Waals surface area contributed by atoms with Crippen molar-refractivity contribution in [3.05, 3.63) is 60.2 Å². The predicted octanol–water partition coefficient (Wildman–Crippen LogP) is 1.92. The molecule has 0 radical (unpaired) electrons. The van der Waals surface area contributed by atoms with Crippen LogP contribution in [0.3, 0.4) is 0 Å². The lowest BCUT2D eigenvalue weighted by Gasteiger charge is -2.31. The van der Waals surface area contributed by atoms with E-state index in [2.05, 4.69) is 12.1 Å². The SMILES string of the molecule is CCCS(=O)(=O)N1CC[NH+](Cc2cccc(Oc3ccccc3)c2)CC1. The molecule has 140 valence electrons. The van der Waals surface area contributed by atoms with E-state index in [9.17, 15) is 8.42 Å². The van der Waals surface area contributed by atoms with Crippen LogP contribution >= 0.6 is 0 Å². The van der Waals surface area contributed by atoms with Gasteiger partial charge in [-0.25, -0.2) is 8.42 Å². The zero-order valence-electron chi connectivity index (χ0n) is 15.2. The minimum Gasteiger partial charge on any atom is -0.457 e. The number of nitrogens with zero attached hydrogens (tertiary/aromatic N) is 1. The lowest BCUT2D eigenvalue weighted by Crippen LogP contribution is -3.13. The van der Waals surface area contributed by atoms with E-state index < -0.39 is 10.0 Å². The number of nitrogens with one attached hydrogen (secondary N) is 1. The fourth-order valence-corrected chi connectivity index (χ4v) is 4.79. The summed E-state index contributed by atoms with van der Waals surface area (Å²) < 4.78 is 31.9. The van der Waals surface area contributed by atoms with Gasteiger partial charge in [-0.1, -0.05) is 37.3 Å². The molecule has 0 saturated carbocycles. The van der Waals surface area contributed by atoms with Crippen molar-refractivity contribution in [3.63, 3.8) is 0 Å². The number of hydrogen-bond donors (Lipinski definition) is 1. The largest absolute Gasteiger partial charge is 0.457 e. The number of quaternary nitrogens is 1. The minimum absolute atomic E-state index is 0.251. The Morgan fingerprint density at radius 2 is 1.69 bits per heavy atom. The Kier molecular flexibility index (Phi) is 6.29. The molecule has 0 aromatic heterocycles. The van der Waals surface area contributed by atoms with Gasteiger partial charge in [-0.15, -0.1) is 0 Å². The molecule has 1 aliphatic rings. The Morgan fingerprint density at radius 3 is 2.38 bits per heavy atom. The van der Waals surface area contributed by atoms with E-state index in [1.165, 1.54) is 10.5 Å². The summed E-state index contributed by atoms with van der Waals surface area (Å²) >= 11 is 0. The van der Waals surface area contributed by atoms with Gasteiger partial charge in [-0.2, -0.15) is 4.31 Å². The van der Waals surface area contributed by atoms with Crippen LogP contribution in [0, 0.1) is 0 Å². The van der Waals surface area contributed by atoms with Crippen molar-refractivity contribution in [1.82, 2.24) is 4.31 Å². The fraction of sp³-hybridized carbons (Fsp3) is 0.400. The van der Waals surface area contributed by atoms with Crippen molar-refractivity contribution in [3.8, 4) is 11.5 Å².